The van der Waals surface area contributed by atoms with Crippen molar-refractivity contribution in [3.05, 3.63) is 65.7 Å². The first-order valence-electron chi connectivity index (χ1n) is 8.38. The van der Waals surface area contributed by atoms with Crippen molar-refractivity contribution in [1.29, 1.82) is 0 Å². The molecule has 0 spiro atoms. The Morgan fingerprint density at radius 3 is 2.38 bits per heavy atom. The average Bonchev–Trinajstić information content (AvgIpc) is 2.66. The fourth-order valence-electron chi connectivity index (χ4n) is 2.42. The van der Waals surface area contributed by atoms with E-state index in [-0.39, 0.29) is 12.3 Å². The number of hydrogen-bond donors (Lipinski definition) is 2. The third-order valence-electron chi connectivity index (χ3n) is 3.81. The molecule has 6 heteroatoms. The lowest BCUT2D eigenvalue weighted by atomic mass is 10.1. The maximum absolute atomic E-state index is 12.0. The van der Waals surface area contributed by atoms with Crippen molar-refractivity contribution < 1.29 is 24.2 Å². The Hall–Kier alpha value is -2.86. The van der Waals surface area contributed by atoms with Gasteiger partial charge in [-0.15, -0.1) is 0 Å². The van der Waals surface area contributed by atoms with Crippen LogP contribution < -0.4 is 10.1 Å². The predicted octanol–water partition coefficient (Wildman–Crippen LogP) is 2.93. The molecular weight excluding hydrogens is 334 g/mol. The van der Waals surface area contributed by atoms with Gasteiger partial charge in [0.05, 0.1) is 13.7 Å². The molecule has 0 fully saturated rings. The zero-order chi connectivity index (χ0) is 18.8. The minimum Gasteiger partial charge on any atom is -0.497 e. The summed E-state index contributed by atoms with van der Waals surface area (Å²) in [5, 5.41) is 11.9. The van der Waals surface area contributed by atoms with Gasteiger partial charge in [-0.2, -0.15) is 0 Å². The van der Waals surface area contributed by atoms with Crippen LogP contribution >= 0.6 is 0 Å². The number of carboxylic acids is 1. The molecule has 0 saturated heterocycles. The summed E-state index contributed by atoms with van der Waals surface area (Å²) < 4.78 is 10.6. The number of nitrogens with one attached hydrogen (secondary N) is 1. The van der Waals surface area contributed by atoms with Crippen LogP contribution in [0.4, 0.5) is 0 Å². The first-order chi connectivity index (χ1) is 12.6. The first-order valence-corrected chi connectivity index (χ1v) is 8.38. The van der Waals surface area contributed by atoms with Crippen LogP contribution in [0.25, 0.3) is 0 Å². The van der Waals surface area contributed by atoms with Gasteiger partial charge in [0.15, 0.2) is 6.04 Å². The number of methoxy groups -OCH3 is 1. The van der Waals surface area contributed by atoms with Gasteiger partial charge in [0.2, 0.25) is 5.91 Å². The van der Waals surface area contributed by atoms with Crippen molar-refractivity contribution in [2.45, 2.75) is 25.5 Å². The van der Waals surface area contributed by atoms with Crippen molar-refractivity contribution in [2.24, 2.45) is 0 Å². The molecule has 2 aromatic rings. The van der Waals surface area contributed by atoms with Crippen LogP contribution in [0.5, 0.6) is 5.75 Å². The van der Waals surface area contributed by atoms with Gasteiger partial charge in [-0.1, -0.05) is 42.5 Å². The Morgan fingerprint density at radius 1 is 1.08 bits per heavy atom. The number of aliphatic carboxylic acids is 1. The van der Waals surface area contributed by atoms with Gasteiger partial charge in [0.25, 0.3) is 0 Å². The molecule has 0 aliphatic carbocycles. The number of ether oxygens (including phenoxy) is 2. The Kier molecular flexibility index (Phi) is 7.64. The number of amides is 1. The van der Waals surface area contributed by atoms with Crippen molar-refractivity contribution in [3.8, 4) is 5.75 Å². The standard InChI is InChI=1S/C20H23NO5/c1-25-17-11-9-16(10-12-17)19(20(23)24)21-18(22)8-5-13-26-14-15-6-3-2-4-7-15/h2-4,6-7,9-12,19H,5,8,13-14H2,1H3,(H,21,22)(H,23,24). The van der Waals surface area contributed by atoms with Gasteiger partial charge in [0.1, 0.15) is 5.75 Å². The lowest BCUT2D eigenvalue weighted by Gasteiger charge is -2.15. The zero-order valence-corrected chi connectivity index (χ0v) is 14.7. The summed E-state index contributed by atoms with van der Waals surface area (Å²) in [5.74, 6) is -0.805. The van der Waals surface area contributed by atoms with E-state index in [4.69, 9.17) is 9.47 Å². The Morgan fingerprint density at radius 2 is 1.77 bits per heavy atom. The zero-order valence-electron chi connectivity index (χ0n) is 14.7. The fourth-order valence-corrected chi connectivity index (χ4v) is 2.42. The average molecular weight is 357 g/mol. The molecule has 0 radical (unpaired) electrons. The molecule has 1 atom stereocenters. The van der Waals surface area contributed by atoms with E-state index in [1.54, 1.807) is 24.3 Å². The van der Waals surface area contributed by atoms with E-state index in [1.165, 1.54) is 7.11 Å². The van der Waals surface area contributed by atoms with E-state index in [9.17, 15) is 14.7 Å². The fraction of sp³-hybridized carbons (Fsp3) is 0.300. The molecule has 26 heavy (non-hydrogen) atoms. The monoisotopic (exact) mass is 357 g/mol. The molecule has 2 aromatic carbocycles. The lowest BCUT2D eigenvalue weighted by Crippen LogP contribution is -2.33. The number of rotatable bonds is 10. The van der Waals surface area contributed by atoms with Crippen LogP contribution in [-0.4, -0.2) is 30.7 Å². The largest absolute Gasteiger partial charge is 0.497 e. The van der Waals surface area contributed by atoms with E-state index in [1.807, 2.05) is 30.3 Å². The van der Waals surface area contributed by atoms with Crippen LogP contribution in [0.15, 0.2) is 54.6 Å². The maximum atomic E-state index is 12.0. The normalized spacial score (nSPS) is 11.6. The summed E-state index contributed by atoms with van der Waals surface area (Å²) in [6, 6.07) is 15.3. The van der Waals surface area contributed by atoms with Crippen molar-refractivity contribution in [3.63, 3.8) is 0 Å². The van der Waals surface area contributed by atoms with Crippen LogP contribution in [0.1, 0.15) is 30.0 Å². The first kappa shape index (κ1) is 19.5. The Labute approximate surface area is 152 Å². The molecule has 2 rings (SSSR count). The van der Waals surface area contributed by atoms with Crippen LogP contribution in [0.3, 0.4) is 0 Å². The second-order valence-electron chi connectivity index (χ2n) is 5.75. The van der Waals surface area contributed by atoms with Crippen LogP contribution in [-0.2, 0) is 20.9 Å². The molecule has 0 bridgehead atoms. The Balaban J connectivity index is 1.75. The van der Waals surface area contributed by atoms with E-state index in [0.717, 1.165) is 5.56 Å². The molecule has 6 nitrogen and oxygen atoms in total. The summed E-state index contributed by atoms with van der Waals surface area (Å²) in [5.41, 5.74) is 1.56. The number of hydrogen-bond acceptors (Lipinski definition) is 4. The summed E-state index contributed by atoms with van der Waals surface area (Å²) in [6.07, 6.45) is 0.725. The second-order valence-corrected chi connectivity index (χ2v) is 5.75. The third kappa shape index (κ3) is 6.22. The van der Waals surface area contributed by atoms with Crippen molar-refractivity contribution >= 4 is 11.9 Å². The number of carbonyl (C=O) groups is 2. The minimum atomic E-state index is -1.11. The van der Waals surface area contributed by atoms with E-state index < -0.39 is 12.0 Å². The third-order valence-corrected chi connectivity index (χ3v) is 3.81. The number of carbonyl (C=O) groups excluding carboxylic acids is 1. The summed E-state index contributed by atoms with van der Waals surface area (Å²) in [6.45, 7) is 0.925. The molecule has 138 valence electrons. The molecule has 0 heterocycles. The van der Waals surface area contributed by atoms with Gasteiger partial charge >= 0.3 is 5.97 Å². The molecule has 1 unspecified atom stereocenters. The highest BCUT2D eigenvalue weighted by Crippen LogP contribution is 2.18. The van der Waals surface area contributed by atoms with E-state index >= 15 is 0 Å². The summed E-state index contributed by atoms with van der Waals surface area (Å²) in [4.78, 5) is 23.5. The molecule has 0 aromatic heterocycles. The topological polar surface area (TPSA) is 84.9 Å². The second kappa shape index (κ2) is 10.2. The van der Waals surface area contributed by atoms with Gasteiger partial charge in [-0.25, -0.2) is 4.79 Å². The molecule has 0 aliphatic rings. The van der Waals surface area contributed by atoms with Crippen LogP contribution in [0.2, 0.25) is 0 Å². The summed E-state index contributed by atoms with van der Waals surface area (Å²) >= 11 is 0. The minimum absolute atomic E-state index is 0.203. The van der Waals surface area contributed by atoms with E-state index in [0.29, 0.717) is 30.9 Å². The maximum Gasteiger partial charge on any atom is 0.330 e. The predicted molar refractivity (Wildman–Crippen MR) is 96.8 cm³/mol. The van der Waals surface area contributed by atoms with E-state index in [2.05, 4.69) is 5.32 Å². The highest BCUT2D eigenvalue weighted by atomic mass is 16.5. The highest BCUT2D eigenvalue weighted by Gasteiger charge is 2.21. The lowest BCUT2D eigenvalue weighted by molar-refractivity contribution is -0.142. The molecule has 2 N–H and O–H groups in total. The SMILES string of the molecule is COc1ccc(C(NC(=O)CCCOCc2ccccc2)C(=O)O)cc1. The van der Waals surface area contributed by atoms with Crippen molar-refractivity contribution in [1.82, 2.24) is 5.32 Å². The van der Waals surface area contributed by atoms with Crippen LogP contribution in [0, 0.1) is 0 Å². The van der Waals surface area contributed by atoms with Gasteiger partial charge < -0.3 is 19.9 Å². The quantitative estimate of drug-likeness (QED) is 0.639. The van der Waals surface area contributed by atoms with Crippen molar-refractivity contribution in [2.75, 3.05) is 13.7 Å². The van der Waals surface area contributed by atoms with Gasteiger partial charge in [-0.05, 0) is 29.7 Å². The number of carboxylic acid groups (broad SMARTS) is 1. The van der Waals surface area contributed by atoms with Gasteiger partial charge in [-0.3, -0.25) is 4.79 Å². The molecular formula is C20H23NO5. The molecule has 0 saturated carbocycles. The summed E-state index contributed by atoms with van der Waals surface area (Å²) in [7, 11) is 1.53. The highest BCUT2D eigenvalue weighted by molar-refractivity contribution is 5.84. The smallest absolute Gasteiger partial charge is 0.330 e. The Bertz CT molecular complexity index is 700. The molecule has 1 amide bonds. The van der Waals surface area contributed by atoms with Gasteiger partial charge in [0, 0.05) is 13.0 Å². The number of benzene rings is 2. The molecule has 0 aliphatic heterocycles.